The number of thiophene rings is 1. The van der Waals surface area contributed by atoms with Crippen LogP contribution in [-0.2, 0) is 6.54 Å². The molecule has 152 valence electrons. The molecule has 0 atom stereocenters. The van der Waals surface area contributed by atoms with Gasteiger partial charge in [-0.05, 0) is 46.8 Å². The van der Waals surface area contributed by atoms with Crippen molar-refractivity contribution in [2.24, 2.45) is 4.99 Å². The predicted molar refractivity (Wildman–Crippen MR) is 120 cm³/mol. The summed E-state index contributed by atoms with van der Waals surface area (Å²) >= 11 is 1.71. The number of guanidine groups is 1. The lowest BCUT2D eigenvalue weighted by molar-refractivity contribution is 0.355. The van der Waals surface area contributed by atoms with Crippen LogP contribution in [-0.4, -0.2) is 34.3 Å². The number of ether oxygens (including phenoxy) is 3. The third kappa shape index (κ3) is 5.20. The summed E-state index contributed by atoms with van der Waals surface area (Å²) in [7, 11) is 6.65. The van der Waals surface area contributed by atoms with Crippen LogP contribution in [0.3, 0.4) is 0 Å². The molecule has 0 unspecified atom stereocenters. The Labute approximate surface area is 175 Å². The van der Waals surface area contributed by atoms with Gasteiger partial charge >= 0.3 is 0 Å². The molecule has 2 aromatic carbocycles. The van der Waals surface area contributed by atoms with Crippen molar-refractivity contribution in [2.75, 3.05) is 33.7 Å². The number of hydrogen-bond donors (Lipinski definition) is 2. The Morgan fingerprint density at radius 1 is 0.897 bits per heavy atom. The summed E-state index contributed by atoms with van der Waals surface area (Å²) in [4.78, 5) is 5.51. The maximum Gasteiger partial charge on any atom is 0.195 e. The van der Waals surface area contributed by atoms with Gasteiger partial charge in [-0.3, -0.25) is 4.99 Å². The van der Waals surface area contributed by atoms with Gasteiger partial charge in [-0.25, -0.2) is 0 Å². The Bertz CT molecular complexity index is 968. The van der Waals surface area contributed by atoms with Gasteiger partial charge in [0.1, 0.15) is 5.75 Å². The van der Waals surface area contributed by atoms with E-state index in [0.29, 0.717) is 24.0 Å². The van der Waals surface area contributed by atoms with E-state index in [4.69, 9.17) is 14.2 Å². The Hall–Kier alpha value is -3.19. The molecule has 0 saturated carbocycles. The number of nitrogens with one attached hydrogen (secondary N) is 2. The summed E-state index contributed by atoms with van der Waals surface area (Å²) < 4.78 is 15.8. The Balaban J connectivity index is 1.62. The minimum atomic E-state index is 0.662. The van der Waals surface area contributed by atoms with E-state index in [9.17, 15) is 0 Å². The lowest BCUT2D eigenvalue weighted by Crippen LogP contribution is -2.29. The molecule has 7 heteroatoms. The van der Waals surface area contributed by atoms with Crippen molar-refractivity contribution in [2.45, 2.75) is 6.54 Å². The number of benzene rings is 2. The van der Waals surface area contributed by atoms with Crippen LogP contribution in [0, 0.1) is 0 Å². The molecule has 0 aliphatic carbocycles. The summed E-state index contributed by atoms with van der Waals surface area (Å²) in [6.07, 6.45) is 0. The molecule has 3 aromatic rings. The third-order valence-electron chi connectivity index (χ3n) is 4.38. The fourth-order valence-corrected chi connectivity index (χ4v) is 3.64. The van der Waals surface area contributed by atoms with Crippen molar-refractivity contribution in [1.29, 1.82) is 0 Å². The van der Waals surface area contributed by atoms with Crippen LogP contribution in [0.15, 0.2) is 58.9 Å². The number of nitrogens with zero attached hydrogens (tertiary/aromatic N) is 1. The van der Waals surface area contributed by atoms with E-state index in [2.05, 4.69) is 39.2 Å². The number of aliphatic imine (C=N–C) groups is 1. The monoisotopic (exact) mass is 411 g/mol. The van der Waals surface area contributed by atoms with Crippen LogP contribution in [0.4, 0.5) is 5.69 Å². The molecule has 0 fully saturated rings. The molecule has 1 heterocycles. The topological polar surface area (TPSA) is 64.1 Å². The van der Waals surface area contributed by atoms with E-state index in [1.165, 1.54) is 16.0 Å². The van der Waals surface area contributed by atoms with E-state index in [1.807, 2.05) is 30.3 Å². The fraction of sp³-hybridized carbons (Fsp3) is 0.227. The second-order valence-corrected chi connectivity index (χ2v) is 7.15. The first-order chi connectivity index (χ1) is 14.2. The Morgan fingerprint density at radius 3 is 2.31 bits per heavy atom. The van der Waals surface area contributed by atoms with E-state index in [1.54, 1.807) is 39.7 Å². The number of hydrogen-bond acceptors (Lipinski definition) is 5. The third-order valence-corrected chi connectivity index (χ3v) is 5.31. The van der Waals surface area contributed by atoms with Gasteiger partial charge in [0.05, 0.1) is 27.9 Å². The average molecular weight is 412 g/mol. The minimum Gasteiger partial charge on any atom is -0.497 e. The van der Waals surface area contributed by atoms with Gasteiger partial charge in [-0.1, -0.05) is 12.1 Å². The Kier molecular flexibility index (Phi) is 6.97. The zero-order chi connectivity index (χ0) is 20.6. The first-order valence-electron chi connectivity index (χ1n) is 9.08. The lowest BCUT2D eigenvalue weighted by atomic mass is 10.1. The van der Waals surface area contributed by atoms with E-state index in [0.717, 1.165) is 11.4 Å². The highest BCUT2D eigenvalue weighted by Gasteiger charge is 2.08. The summed E-state index contributed by atoms with van der Waals surface area (Å²) in [5, 5.41) is 8.77. The molecule has 3 rings (SSSR count). The van der Waals surface area contributed by atoms with Gasteiger partial charge in [0, 0.05) is 23.7 Å². The molecule has 29 heavy (non-hydrogen) atoms. The summed E-state index contributed by atoms with van der Waals surface area (Å²) in [5.74, 6) is 2.88. The van der Waals surface area contributed by atoms with Gasteiger partial charge in [0.15, 0.2) is 17.5 Å². The predicted octanol–water partition coefficient (Wildman–Crippen LogP) is 4.63. The van der Waals surface area contributed by atoms with Crippen molar-refractivity contribution in [3.8, 4) is 28.4 Å². The van der Waals surface area contributed by atoms with Crippen LogP contribution in [0.25, 0.3) is 11.1 Å². The zero-order valence-corrected chi connectivity index (χ0v) is 17.8. The van der Waals surface area contributed by atoms with Crippen molar-refractivity contribution in [3.05, 3.63) is 58.8 Å². The molecular weight excluding hydrogens is 386 g/mol. The van der Waals surface area contributed by atoms with Gasteiger partial charge < -0.3 is 24.8 Å². The second kappa shape index (κ2) is 9.84. The van der Waals surface area contributed by atoms with Crippen LogP contribution < -0.4 is 24.8 Å². The first-order valence-corrected chi connectivity index (χ1v) is 9.96. The summed E-state index contributed by atoms with van der Waals surface area (Å²) in [6, 6.07) is 15.9. The maximum absolute atomic E-state index is 5.35. The first kappa shape index (κ1) is 20.5. The zero-order valence-electron chi connectivity index (χ0n) is 17.0. The highest BCUT2D eigenvalue weighted by molar-refractivity contribution is 7.10. The lowest BCUT2D eigenvalue weighted by Gasteiger charge is -2.13. The largest absolute Gasteiger partial charge is 0.497 e. The molecule has 0 bridgehead atoms. The van der Waals surface area contributed by atoms with Crippen molar-refractivity contribution in [1.82, 2.24) is 5.32 Å². The second-order valence-electron chi connectivity index (χ2n) is 6.15. The SMILES string of the molecule is CN=C(NCc1cc(-c2ccc(OC)cc2)cs1)Nc1ccc(OC)c(OC)c1. The fourth-order valence-electron chi connectivity index (χ4n) is 2.81. The maximum atomic E-state index is 5.35. The van der Waals surface area contributed by atoms with Crippen LogP contribution in [0.2, 0.25) is 0 Å². The minimum absolute atomic E-state index is 0.662. The molecule has 0 aliphatic rings. The van der Waals surface area contributed by atoms with Gasteiger partial charge in [-0.15, -0.1) is 11.3 Å². The number of anilines is 1. The smallest absolute Gasteiger partial charge is 0.195 e. The molecule has 2 N–H and O–H groups in total. The van der Waals surface area contributed by atoms with Gasteiger partial charge in [0.2, 0.25) is 0 Å². The molecule has 6 nitrogen and oxygen atoms in total. The Morgan fingerprint density at radius 2 is 1.66 bits per heavy atom. The van der Waals surface area contributed by atoms with Crippen molar-refractivity contribution >= 4 is 23.0 Å². The van der Waals surface area contributed by atoms with Crippen LogP contribution in [0.1, 0.15) is 4.88 Å². The van der Waals surface area contributed by atoms with Crippen LogP contribution in [0.5, 0.6) is 17.2 Å². The van der Waals surface area contributed by atoms with Gasteiger partial charge in [0.25, 0.3) is 0 Å². The summed E-state index contributed by atoms with van der Waals surface area (Å²) in [5.41, 5.74) is 3.22. The van der Waals surface area contributed by atoms with Crippen molar-refractivity contribution < 1.29 is 14.2 Å². The van der Waals surface area contributed by atoms with Crippen molar-refractivity contribution in [3.63, 3.8) is 0 Å². The van der Waals surface area contributed by atoms with Crippen LogP contribution >= 0.6 is 11.3 Å². The molecule has 0 radical (unpaired) electrons. The average Bonchev–Trinajstić information content (AvgIpc) is 3.25. The normalized spacial score (nSPS) is 11.1. The molecule has 0 saturated heterocycles. The molecule has 1 aromatic heterocycles. The molecule has 0 amide bonds. The molecular formula is C22H25N3O3S. The quantitative estimate of drug-likeness (QED) is 0.438. The van der Waals surface area contributed by atoms with Gasteiger partial charge in [-0.2, -0.15) is 0 Å². The summed E-state index contributed by atoms with van der Waals surface area (Å²) in [6.45, 7) is 0.674. The highest BCUT2D eigenvalue weighted by atomic mass is 32.1. The standard InChI is InChI=1S/C22H25N3O3S/c1-23-22(25-17-7-10-20(27-3)21(12-17)28-4)24-13-19-11-16(14-29-19)15-5-8-18(26-2)9-6-15/h5-12,14H,13H2,1-4H3,(H2,23,24,25). The highest BCUT2D eigenvalue weighted by Crippen LogP contribution is 2.30. The van der Waals surface area contributed by atoms with E-state index in [-0.39, 0.29) is 0 Å². The number of methoxy groups -OCH3 is 3. The molecule has 0 spiro atoms. The number of rotatable bonds is 7. The molecule has 0 aliphatic heterocycles. The van der Waals surface area contributed by atoms with E-state index >= 15 is 0 Å². The van der Waals surface area contributed by atoms with E-state index < -0.39 is 0 Å².